The van der Waals surface area contributed by atoms with Crippen LogP contribution < -0.4 is 5.32 Å². The molecule has 0 aromatic heterocycles. The number of unbranched alkanes of at least 4 members (excludes halogenated alkanes) is 2. The van der Waals surface area contributed by atoms with Gasteiger partial charge in [-0.25, -0.2) is 4.79 Å². The van der Waals surface area contributed by atoms with Gasteiger partial charge in [0.2, 0.25) is 0 Å². The fraction of sp³-hybridized carbons (Fsp3) is 0.846. The van der Waals surface area contributed by atoms with Crippen molar-refractivity contribution in [2.75, 3.05) is 0 Å². The predicted molar refractivity (Wildman–Crippen MR) is 69.6 cm³/mol. The highest BCUT2D eigenvalue weighted by Gasteiger charge is 2.20. The van der Waals surface area contributed by atoms with Gasteiger partial charge in [0.15, 0.2) is 0 Å². The molecule has 0 spiro atoms. The van der Waals surface area contributed by atoms with E-state index in [0.29, 0.717) is 6.42 Å². The van der Waals surface area contributed by atoms with Gasteiger partial charge >= 0.3 is 12.1 Å². The molecule has 0 aromatic carbocycles. The molecule has 0 saturated carbocycles. The number of carboxylic acid groups (broad SMARTS) is 1. The number of amides is 1. The molecule has 0 unspecified atom stereocenters. The number of ether oxygens (including phenoxy) is 1. The molecule has 0 radical (unpaired) electrons. The van der Waals surface area contributed by atoms with Crippen molar-refractivity contribution in [3.05, 3.63) is 0 Å². The summed E-state index contributed by atoms with van der Waals surface area (Å²) in [5, 5.41) is 11.4. The van der Waals surface area contributed by atoms with Crippen LogP contribution >= 0.6 is 0 Å². The summed E-state index contributed by atoms with van der Waals surface area (Å²) in [7, 11) is 0. The minimum Gasteiger partial charge on any atom is -0.481 e. The highest BCUT2D eigenvalue weighted by atomic mass is 16.6. The van der Waals surface area contributed by atoms with E-state index >= 15 is 0 Å². The number of carboxylic acids is 1. The van der Waals surface area contributed by atoms with Crippen LogP contribution in [0, 0.1) is 0 Å². The lowest BCUT2D eigenvalue weighted by Gasteiger charge is -2.23. The summed E-state index contributed by atoms with van der Waals surface area (Å²) in [6.45, 7) is 7.40. The standard InChI is InChI=1S/C13H25NO4/c1-5-6-7-8-10(9-11(15)16)14-12(17)18-13(2,3)4/h10H,5-9H2,1-4H3,(H,14,17)(H,15,16)/t10-/m1/s1. The van der Waals surface area contributed by atoms with E-state index in [2.05, 4.69) is 12.2 Å². The summed E-state index contributed by atoms with van der Waals surface area (Å²) in [6.07, 6.45) is 3.05. The van der Waals surface area contributed by atoms with E-state index in [9.17, 15) is 9.59 Å². The van der Waals surface area contributed by atoms with E-state index < -0.39 is 17.7 Å². The molecule has 0 heterocycles. The minimum atomic E-state index is -0.910. The third-order valence-electron chi connectivity index (χ3n) is 2.30. The molecule has 0 fully saturated rings. The number of alkyl carbamates (subject to hydrolysis) is 1. The number of aliphatic carboxylic acids is 1. The molecule has 0 bridgehead atoms. The molecule has 0 rings (SSSR count). The van der Waals surface area contributed by atoms with Crippen LogP contribution in [0.3, 0.4) is 0 Å². The Morgan fingerprint density at radius 3 is 2.33 bits per heavy atom. The summed E-state index contributed by atoms with van der Waals surface area (Å²) in [5.74, 6) is -0.910. The van der Waals surface area contributed by atoms with Crippen molar-refractivity contribution in [2.24, 2.45) is 0 Å². The summed E-state index contributed by atoms with van der Waals surface area (Å²) in [6, 6.07) is -0.358. The highest BCUT2D eigenvalue weighted by Crippen LogP contribution is 2.10. The number of carbonyl (C=O) groups is 2. The van der Waals surface area contributed by atoms with Gasteiger partial charge in [-0.1, -0.05) is 26.2 Å². The molecule has 0 saturated heterocycles. The Kier molecular flexibility index (Phi) is 7.39. The normalized spacial score (nSPS) is 12.9. The second kappa shape index (κ2) is 7.95. The quantitative estimate of drug-likeness (QED) is 0.689. The van der Waals surface area contributed by atoms with Gasteiger partial charge in [0.1, 0.15) is 5.60 Å². The van der Waals surface area contributed by atoms with Crippen LogP contribution in [0.2, 0.25) is 0 Å². The molecular formula is C13H25NO4. The SMILES string of the molecule is CCCCC[C@H](CC(=O)O)NC(=O)OC(C)(C)C. The number of hydrogen-bond donors (Lipinski definition) is 2. The maximum atomic E-state index is 11.6. The van der Waals surface area contributed by atoms with E-state index in [1.807, 2.05) is 0 Å². The first-order valence-corrected chi connectivity index (χ1v) is 6.46. The van der Waals surface area contributed by atoms with Gasteiger partial charge in [-0.3, -0.25) is 4.79 Å². The first-order valence-electron chi connectivity index (χ1n) is 6.46. The Bertz CT molecular complexity index is 271. The van der Waals surface area contributed by atoms with Gasteiger partial charge in [-0.2, -0.15) is 0 Å². The Morgan fingerprint density at radius 2 is 1.89 bits per heavy atom. The van der Waals surface area contributed by atoms with E-state index in [1.165, 1.54) is 0 Å². The lowest BCUT2D eigenvalue weighted by Crippen LogP contribution is -2.40. The zero-order valence-corrected chi connectivity index (χ0v) is 11.8. The second-order valence-corrected chi connectivity index (χ2v) is 5.44. The monoisotopic (exact) mass is 259 g/mol. The Hall–Kier alpha value is -1.26. The zero-order valence-electron chi connectivity index (χ0n) is 11.8. The molecule has 1 amide bonds. The number of carbonyl (C=O) groups excluding carboxylic acids is 1. The molecule has 0 aromatic rings. The molecular weight excluding hydrogens is 234 g/mol. The van der Waals surface area contributed by atoms with Gasteiger partial charge in [-0.15, -0.1) is 0 Å². The molecule has 0 aliphatic rings. The zero-order chi connectivity index (χ0) is 14.2. The topological polar surface area (TPSA) is 75.6 Å². The first-order chi connectivity index (χ1) is 8.24. The van der Waals surface area contributed by atoms with Gasteiger partial charge in [0.05, 0.1) is 6.42 Å². The van der Waals surface area contributed by atoms with Crippen molar-refractivity contribution < 1.29 is 19.4 Å². The fourth-order valence-electron chi connectivity index (χ4n) is 1.55. The number of nitrogens with one attached hydrogen (secondary N) is 1. The van der Waals surface area contributed by atoms with Crippen molar-refractivity contribution in [2.45, 2.75) is 71.4 Å². The minimum absolute atomic E-state index is 0.0665. The van der Waals surface area contributed by atoms with Gasteiger partial charge in [0.25, 0.3) is 0 Å². The van der Waals surface area contributed by atoms with E-state index in [-0.39, 0.29) is 12.5 Å². The van der Waals surface area contributed by atoms with Crippen LogP contribution in [0.5, 0.6) is 0 Å². The molecule has 18 heavy (non-hydrogen) atoms. The van der Waals surface area contributed by atoms with Crippen LogP contribution in [0.25, 0.3) is 0 Å². The second-order valence-electron chi connectivity index (χ2n) is 5.44. The average molecular weight is 259 g/mol. The Morgan fingerprint density at radius 1 is 1.28 bits per heavy atom. The average Bonchev–Trinajstić information content (AvgIpc) is 2.13. The molecule has 1 atom stereocenters. The molecule has 2 N–H and O–H groups in total. The summed E-state index contributed by atoms with van der Waals surface area (Å²) < 4.78 is 5.11. The smallest absolute Gasteiger partial charge is 0.407 e. The molecule has 0 aliphatic heterocycles. The largest absolute Gasteiger partial charge is 0.481 e. The van der Waals surface area contributed by atoms with Crippen LogP contribution in [0.1, 0.15) is 59.8 Å². The highest BCUT2D eigenvalue weighted by molar-refractivity contribution is 5.71. The Balaban J connectivity index is 4.21. The van der Waals surface area contributed by atoms with E-state index in [1.54, 1.807) is 20.8 Å². The summed E-state index contributed by atoms with van der Waals surface area (Å²) in [4.78, 5) is 22.3. The third kappa shape index (κ3) is 9.93. The first kappa shape index (κ1) is 16.7. The predicted octanol–water partition coefficient (Wildman–Crippen LogP) is 2.93. The summed E-state index contributed by atoms with van der Waals surface area (Å²) >= 11 is 0. The molecule has 0 aliphatic carbocycles. The van der Waals surface area contributed by atoms with E-state index in [4.69, 9.17) is 9.84 Å². The third-order valence-corrected chi connectivity index (χ3v) is 2.30. The van der Waals surface area contributed by atoms with Crippen LogP contribution in [0.15, 0.2) is 0 Å². The van der Waals surface area contributed by atoms with Gasteiger partial charge < -0.3 is 15.2 Å². The number of hydrogen-bond acceptors (Lipinski definition) is 3. The number of rotatable bonds is 7. The van der Waals surface area contributed by atoms with Crippen molar-refractivity contribution in [3.63, 3.8) is 0 Å². The van der Waals surface area contributed by atoms with Crippen molar-refractivity contribution in [3.8, 4) is 0 Å². The van der Waals surface area contributed by atoms with Crippen molar-refractivity contribution >= 4 is 12.1 Å². The lowest BCUT2D eigenvalue weighted by atomic mass is 10.1. The van der Waals surface area contributed by atoms with Gasteiger partial charge in [0, 0.05) is 6.04 Å². The lowest BCUT2D eigenvalue weighted by molar-refractivity contribution is -0.137. The van der Waals surface area contributed by atoms with Crippen LogP contribution in [-0.4, -0.2) is 28.8 Å². The van der Waals surface area contributed by atoms with E-state index in [0.717, 1.165) is 19.3 Å². The van der Waals surface area contributed by atoms with Crippen molar-refractivity contribution in [1.29, 1.82) is 0 Å². The summed E-state index contributed by atoms with van der Waals surface area (Å²) in [5.41, 5.74) is -0.568. The molecule has 5 heteroatoms. The maximum absolute atomic E-state index is 11.6. The molecule has 106 valence electrons. The van der Waals surface area contributed by atoms with Gasteiger partial charge in [-0.05, 0) is 27.2 Å². The fourth-order valence-corrected chi connectivity index (χ4v) is 1.55. The van der Waals surface area contributed by atoms with Crippen molar-refractivity contribution in [1.82, 2.24) is 5.32 Å². The Labute approximate surface area is 109 Å². The van der Waals surface area contributed by atoms with Crippen LogP contribution in [-0.2, 0) is 9.53 Å². The molecule has 5 nitrogen and oxygen atoms in total. The van der Waals surface area contributed by atoms with Crippen LogP contribution in [0.4, 0.5) is 4.79 Å². The maximum Gasteiger partial charge on any atom is 0.407 e.